The lowest BCUT2D eigenvalue weighted by Crippen LogP contribution is -2.20. The van der Waals surface area contributed by atoms with E-state index in [1.165, 1.54) is 30.5 Å². The van der Waals surface area contributed by atoms with E-state index in [-0.39, 0.29) is 32.3 Å². The molecule has 1 aromatic carbocycles. The Kier molecular flexibility index (Phi) is 5.55. The summed E-state index contributed by atoms with van der Waals surface area (Å²) in [6, 6.07) is 5.55. The van der Waals surface area contributed by atoms with Crippen molar-refractivity contribution in [3.8, 4) is 0 Å². The molecule has 0 unspecified atom stereocenters. The second kappa shape index (κ2) is 7.43. The summed E-state index contributed by atoms with van der Waals surface area (Å²) in [5, 5.41) is 13.9. The van der Waals surface area contributed by atoms with E-state index in [0.717, 1.165) is 0 Å². The van der Waals surface area contributed by atoms with E-state index in [2.05, 4.69) is 15.5 Å². The Morgan fingerprint density at radius 2 is 1.88 bits per heavy atom. The van der Waals surface area contributed by atoms with Crippen LogP contribution in [0.1, 0.15) is 16.1 Å². The Morgan fingerprint density at radius 3 is 2.46 bits per heavy atom. The maximum Gasteiger partial charge on any atom is 0.291 e. The molecule has 0 bridgehead atoms. The average molecular weight is 389 g/mol. The molecular formula is C13H8Cl3N5O3. The maximum absolute atomic E-state index is 12.0. The molecule has 2 aromatic rings. The lowest BCUT2D eigenvalue weighted by Gasteiger charge is -2.07. The number of anilines is 1. The van der Waals surface area contributed by atoms with Gasteiger partial charge in [-0.3, -0.25) is 14.9 Å². The third-order valence-corrected chi connectivity index (χ3v) is 3.91. The number of hydrazone groups is 1. The molecule has 0 saturated heterocycles. The summed E-state index contributed by atoms with van der Waals surface area (Å²) < 4.78 is 0. The number of non-ortho nitro benzene ring substituents is 1. The van der Waals surface area contributed by atoms with Crippen molar-refractivity contribution in [1.82, 2.24) is 10.4 Å². The first-order chi connectivity index (χ1) is 11.3. The smallest absolute Gasteiger partial charge is 0.291 e. The van der Waals surface area contributed by atoms with Crippen LogP contribution in [0, 0.1) is 10.1 Å². The number of hydrogen-bond donors (Lipinski definition) is 2. The van der Waals surface area contributed by atoms with Gasteiger partial charge in [0.2, 0.25) is 0 Å². The molecular weight excluding hydrogens is 381 g/mol. The molecule has 0 fully saturated rings. The van der Waals surface area contributed by atoms with Gasteiger partial charge in [-0.15, -0.1) is 0 Å². The van der Waals surface area contributed by atoms with E-state index < -0.39 is 10.8 Å². The highest BCUT2D eigenvalue weighted by Crippen LogP contribution is 2.34. The third kappa shape index (κ3) is 3.91. The van der Waals surface area contributed by atoms with Crippen LogP contribution in [0.2, 0.25) is 15.2 Å². The van der Waals surface area contributed by atoms with Gasteiger partial charge in [-0.05, 0) is 17.7 Å². The lowest BCUT2D eigenvalue weighted by molar-refractivity contribution is -0.384. The minimum Gasteiger partial charge on any atom is -0.396 e. The van der Waals surface area contributed by atoms with Crippen molar-refractivity contribution in [3.05, 3.63) is 60.8 Å². The molecule has 1 amide bonds. The summed E-state index contributed by atoms with van der Waals surface area (Å²) in [4.78, 5) is 25.8. The van der Waals surface area contributed by atoms with Crippen molar-refractivity contribution < 1.29 is 9.72 Å². The van der Waals surface area contributed by atoms with Gasteiger partial charge in [0.25, 0.3) is 11.6 Å². The largest absolute Gasteiger partial charge is 0.396 e. The number of rotatable bonds is 4. The predicted octanol–water partition coefficient (Wildman–Crippen LogP) is 3.30. The number of hydrogen-bond acceptors (Lipinski definition) is 6. The molecule has 3 N–H and O–H groups in total. The Bertz CT molecular complexity index is 840. The molecule has 8 nitrogen and oxygen atoms in total. The van der Waals surface area contributed by atoms with Crippen molar-refractivity contribution in [1.29, 1.82) is 0 Å². The van der Waals surface area contributed by atoms with E-state index in [0.29, 0.717) is 5.56 Å². The number of amides is 1. The highest BCUT2D eigenvalue weighted by Gasteiger charge is 2.19. The SMILES string of the molecule is Nc1c(Cl)c(Cl)nc(C(=O)N/N=C\c2ccc([N+](=O)[O-])cc2)c1Cl. The summed E-state index contributed by atoms with van der Waals surface area (Å²) in [5.74, 6) is -0.747. The van der Waals surface area contributed by atoms with Gasteiger partial charge >= 0.3 is 0 Å². The molecule has 0 aliphatic carbocycles. The number of benzene rings is 1. The molecule has 1 aromatic heterocycles. The second-order valence-electron chi connectivity index (χ2n) is 4.34. The van der Waals surface area contributed by atoms with Crippen LogP contribution in [0.5, 0.6) is 0 Å². The standard InChI is InChI=1S/C13H8Cl3N5O3/c14-8-10(17)9(15)12(16)19-11(8)13(22)20-18-5-6-1-3-7(4-2-6)21(23)24/h1-5H,(H2,17,19)(H,20,22)/b18-5-. The van der Waals surface area contributed by atoms with Crippen LogP contribution >= 0.6 is 34.8 Å². The summed E-state index contributed by atoms with van der Waals surface area (Å²) in [6.45, 7) is 0. The minimum absolute atomic E-state index is 0.0485. The zero-order valence-corrected chi connectivity index (χ0v) is 13.9. The third-order valence-electron chi connectivity index (χ3n) is 2.77. The number of pyridine rings is 1. The second-order valence-corrected chi connectivity index (χ2v) is 5.45. The first kappa shape index (κ1) is 17.9. The van der Waals surface area contributed by atoms with Crippen LogP contribution in [0.25, 0.3) is 0 Å². The van der Waals surface area contributed by atoms with E-state index in [1.54, 1.807) is 0 Å². The monoisotopic (exact) mass is 387 g/mol. The van der Waals surface area contributed by atoms with Gasteiger partial charge in [0.15, 0.2) is 10.8 Å². The van der Waals surface area contributed by atoms with Crippen LogP contribution in [-0.2, 0) is 0 Å². The molecule has 11 heteroatoms. The van der Waals surface area contributed by atoms with E-state index in [1.807, 2.05) is 0 Å². The topological polar surface area (TPSA) is 124 Å². The Balaban J connectivity index is 2.12. The van der Waals surface area contributed by atoms with Crippen molar-refractivity contribution in [2.75, 3.05) is 5.73 Å². The van der Waals surface area contributed by atoms with E-state index in [4.69, 9.17) is 40.5 Å². The molecule has 0 radical (unpaired) electrons. The minimum atomic E-state index is -0.747. The lowest BCUT2D eigenvalue weighted by atomic mass is 10.2. The number of halogens is 3. The fraction of sp³-hybridized carbons (Fsp3) is 0. The molecule has 124 valence electrons. The Morgan fingerprint density at radius 1 is 1.25 bits per heavy atom. The number of nitrogens with one attached hydrogen (secondary N) is 1. The number of carbonyl (C=O) groups is 1. The normalized spacial score (nSPS) is 10.8. The number of nitro groups is 1. The van der Waals surface area contributed by atoms with Crippen LogP contribution in [0.4, 0.5) is 11.4 Å². The number of nitro benzene ring substituents is 1. The molecule has 24 heavy (non-hydrogen) atoms. The van der Waals surface area contributed by atoms with Gasteiger partial charge in [0.1, 0.15) is 5.02 Å². The Hall–Kier alpha value is -2.42. The average Bonchev–Trinajstić information content (AvgIpc) is 2.56. The van der Waals surface area contributed by atoms with Crippen molar-refractivity contribution in [3.63, 3.8) is 0 Å². The molecule has 0 saturated carbocycles. The zero-order valence-electron chi connectivity index (χ0n) is 11.7. The highest BCUT2D eigenvalue weighted by atomic mass is 35.5. The maximum atomic E-state index is 12.0. The highest BCUT2D eigenvalue weighted by molar-refractivity contribution is 6.46. The van der Waals surface area contributed by atoms with Gasteiger partial charge in [-0.25, -0.2) is 10.4 Å². The van der Waals surface area contributed by atoms with Crippen molar-refractivity contribution in [2.24, 2.45) is 5.10 Å². The fourth-order valence-electron chi connectivity index (χ4n) is 1.58. The van der Waals surface area contributed by atoms with Gasteiger partial charge in [0, 0.05) is 12.1 Å². The fourth-order valence-corrected chi connectivity index (χ4v) is 2.18. The quantitative estimate of drug-likeness (QED) is 0.360. The van der Waals surface area contributed by atoms with Crippen LogP contribution in [0.3, 0.4) is 0 Å². The number of nitrogen functional groups attached to an aromatic ring is 1. The number of nitrogens with zero attached hydrogens (tertiary/aromatic N) is 3. The molecule has 2 rings (SSSR count). The number of aromatic nitrogens is 1. The Labute approximate surface area is 150 Å². The summed E-state index contributed by atoms with van der Waals surface area (Å²) in [5.41, 5.74) is 7.99. The summed E-state index contributed by atoms with van der Waals surface area (Å²) >= 11 is 17.4. The molecule has 0 atom stereocenters. The van der Waals surface area contributed by atoms with Gasteiger partial charge in [-0.2, -0.15) is 5.10 Å². The summed E-state index contributed by atoms with van der Waals surface area (Å²) in [6.07, 6.45) is 1.29. The van der Waals surface area contributed by atoms with Gasteiger partial charge in [-0.1, -0.05) is 34.8 Å². The van der Waals surface area contributed by atoms with Gasteiger partial charge < -0.3 is 5.73 Å². The van der Waals surface area contributed by atoms with Crippen molar-refractivity contribution >= 4 is 58.3 Å². The van der Waals surface area contributed by atoms with Gasteiger partial charge in [0.05, 0.1) is 21.8 Å². The molecule has 0 aliphatic rings. The van der Waals surface area contributed by atoms with Crippen LogP contribution in [0.15, 0.2) is 29.4 Å². The molecule has 0 spiro atoms. The predicted molar refractivity (Wildman–Crippen MR) is 91.8 cm³/mol. The first-order valence-electron chi connectivity index (χ1n) is 6.19. The summed E-state index contributed by atoms with van der Waals surface area (Å²) in [7, 11) is 0. The molecule has 1 heterocycles. The van der Waals surface area contributed by atoms with Crippen molar-refractivity contribution in [2.45, 2.75) is 0 Å². The number of carbonyl (C=O) groups excluding carboxylic acids is 1. The molecule has 0 aliphatic heterocycles. The van der Waals surface area contributed by atoms with Crippen LogP contribution in [-0.4, -0.2) is 22.0 Å². The zero-order chi connectivity index (χ0) is 17.9. The first-order valence-corrected chi connectivity index (χ1v) is 7.32. The van der Waals surface area contributed by atoms with E-state index in [9.17, 15) is 14.9 Å². The van der Waals surface area contributed by atoms with E-state index >= 15 is 0 Å². The van der Waals surface area contributed by atoms with Crippen LogP contribution < -0.4 is 11.2 Å². The number of nitrogens with two attached hydrogens (primary N) is 1.